The summed E-state index contributed by atoms with van der Waals surface area (Å²) in [6, 6.07) is 8.15. The Morgan fingerprint density at radius 3 is 2.79 bits per heavy atom. The van der Waals surface area contributed by atoms with Crippen LogP contribution in [0.5, 0.6) is 0 Å². The Labute approximate surface area is 122 Å². The van der Waals surface area contributed by atoms with Crippen LogP contribution in [0.2, 0.25) is 0 Å². The van der Waals surface area contributed by atoms with Crippen LogP contribution < -0.4 is 10.2 Å². The van der Waals surface area contributed by atoms with Crippen LogP contribution in [-0.2, 0) is 6.54 Å². The van der Waals surface area contributed by atoms with E-state index in [1.807, 2.05) is 11.8 Å². The van der Waals surface area contributed by atoms with Gasteiger partial charge in [0.15, 0.2) is 0 Å². The molecule has 0 saturated heterocycles. The van der Waals surface area contributed by atoms with Gasteiger partial charge in [0.25, 0.3) is 0 Å². The number of aryl methyl sites for hydroxylation is 1. The van der Waals surface area contributed by atoms with Gasteiger partial charge in [-0.05, 0) is 44.6 Å². The fourth-order valence-corrected chi connectivity index (χ4v) is 3.04. The molecule has 0 bridgehead atoms. The van der Waals surface area contributed by atoms with Gasteiger partial charge >= 0.3 is 0 Å². The highest BCUT2D eigenvalue weighted by Crippen LogP contribution is 2.25. The first-order valence-corrected chi connectivity index (χ1v) is 8.56. The molecule has 0 heterocycles. The second kappa shape index (κ2) is 6.67. The van der Waals surface area contributed by atoms with Crippen molar-refractivity contribution in [1.82, 2.24) is 5.32 Å². The van der Waals surface area contributed by atoms with Gasteiger partial charge in [0.1, 0.15) is 0 Å². The Hall–Kier alpha value is -0.670. The molecular formula is C16H26N2S. The van der Waals surface area contributed by atoms with Crippen molar-refractivity contribution in [1.29, 1.82) is 0 Å². The fraction of sp³-hybridized carbons (Fsp3) is 0.625. The lowest BCUT2D eigenvalue weighted by molar-refractivity contribution is 0.680. The number of anilines is 1. The van der Waals surface area contributed by atoms with E-state index in [-0.39, 0.29) is 0 Å². The lowest BCUT2D eigenvalue weighted by Gasteiger charge is -2.29. The molecule has 0 aliphatic heterocycles. The van der Waals surface area contributed by atoms with Crippen molar-refractivity contribution in [2.75, 3.05) is 24.0 Å². The summed E-state index contributed by atoms with van der Waals surface area (Å²) in [5.74, 6) is 1.17. The third-order valence-corrected chi connectivity index (χ3v) is 4.66. The first-order chi connectivity index (χ1) is 9.11. The standard InChI is InChI=1S/C16H26N2S/c1-12-5-8-16(18(3)13(2)11-19-4)14(9-12)10-17-15-6-7-15/h5,8-9,13,15,17H,6-7,10-11H2,1-4H3. The molecule has 1 unspecified atom stereocenters. The molecule has 1 N–H and O–H groups in total. The minimum Gasteiger partial charge on any atom is -0.371 e. The number of hydrogen-bond donors (Lipinski definition) is 1. The Kier molecular flexibility index (Phi) is 5.17. The van der Waals surface area contributed by atoms with E-state index < -0.39 is 0 Å². The molecule has 0 radical (unpaired) electrons. The van der Waals surface area contributed by atoms with Crippen LogP contribution in [0.3, 0.4) is 0 Å². The van der Waals surface area contributed by atoms with Crippen molar-refractivity contribution < 1.29 is 0 Å². The summed E-state index contributed by atoms with van der Waals surface area (Å²) in [6.07, 6.45) is 4.87. The van der Waals surface area contributed by atoms with E-state index in [1.54, 1.807) is 0 Å². The van der Waals surface area contributed by atoms with E-state index in [0.29, 0.717) is 6.04 Å². The molecule has 0 spiro atoms. The van der Waals surface area contributed by atoms with Gasteiger partial charge in [-0.1, -0.05) is 17.7 Å². The highest BCUT2D eigenvalue weighted by molar-refractivity contribution is 7.98. The number of benzene rings is 1. The monoisotopic (exact) mass is 278 g/mol. The summed E-state index contributed by atoms with van der Waals surface area (Å²) < 4.78 is 0. The molecule has 1 atom stereocenters. The first kappa shape index (κ1) is 14.7. The van der Waals surface area contributed by atoms with Crippen molar-refractivity contribution in [3.63, 3.8) is 0 Å². The van der Waals surface area contributed by atoms with Gasteiger partial charge in [-0.15, -0.1) is 0 Å². The predicted octanol–water partition coefficient (Wildman–Crippen LogP) is 3.43. The van der Waals surface area contributed by atoms with Crippen molar-refractivity contribution in [3.8, 4) is 0 Å². The summed E-state index contributed by atoms with van der Waals surface area (Å²) in [7, 11) is 2.21. The number of nitrogens with zero attached hydrogens (tertiary/aromatic N) is 1. The maximum absolute atomic E-state index is 3.63. The van der Waals surface area contributed by atoms with Gasteiger partial charge in [-0.3, -0.25) is 0 Å². The van der Waals surface area contributed by atoms with Crippen LogP contribution >= 0.6 is 11.8 Å². The first-order valence-electron chi connectivity index (χ1n) is 7.16. The molecule has 1 aromatic rings. The maximum Gasteiger partial charge on any atom is 0.0412 e. The minimum atomic E-state index is 0.567. The van der Waals surface area contributed by atoms with Gasteiger partial charge in [-0.2, -0.15) is 11.8 Å². The molecule has 0 amide bonds. The molecule has 19 heavy (non-hydrogen) atoms. The van der Waals surface area contributed by atoms with E-state index in [0.717, 1.165) is 12.6 Å². The van der Waals surface area contributed by atoms with E-state index in [1.165, 1.54) is 35.4 Å². The largest absolute Gasteiger partial charge is 0.371 e. The van der Waals surface area contributed by atoms with Crippen LogP contribution in [-0.4, -0.2) is 31.1 Å². The topological polar surface area (TPSA) is 15.3 Å². The van der Waals surface area contributed by atoms with E-state index >= 15 is 0 Å². The lowest BCUT2D eigenvalue weighted by atomic mass is 10.1. The summed E-state index contributed by atoms with van der Waals surface area (Å²) in [6.45, 7) is 5.47. The quantitative estimate of drug-likeness (QED) is 0.822. The smallest absolute Gasteiger partial charge is 0.0412 e. The van der Waals surface area contributed by atoms with Crippen molar-refractivity contribution in [2.24, 2.45) is 0 Å². The normalized spacial score (nSPS) is 16.4. The molecule has 1 aliphatic rings. The van der Waals surface area contributed by atoms with Crippen LogP contribution in [0.15, 0.2) is 18.2 Å². The number of thioether (sulfide) groups is 1. The molecule has 1 aliphatic carbocycles. The minimum absolute atomic E-state index is 0.567. The number of rotatable bonds is 7. The zero-order chi connectivity index (χ0) is 13.8. The summed E-state index contributed by atoms with van der Waals surface area (Å²) in [4.78, 5) is 2.42. The third kappa shape index (κ3) is 4.15. The molecule has 1 saturated carbocycles. The molecule has 3 heteroatoms. The molecule has 1 aromatic carbocycles. The molecule has 2 rings (SSSR count). The third-order valence-electron chi connectivity index (χ3n) is 3.84. The van der Waals surface area contributed by atoms with E-state index in [4.69, 9.17) is 0 Å². The lowest BCUT2D eigenvalue weighted by Crippen LogP contribution is -2.32. The van der Waals surface area contributed by atoms with Crippen LogP contribution in [0.1, 0.15) is 30.9 Å². The Balaban J connectivity index is 2.11. The highest BCUT2D eigenvalue weighted by Gasteiger charge is 2.21. The summed E-state index contributed by atoms with van der Waals surface area (Å²) in [5, 5.41) is 3.63. The van der Waals surface area contributed by atoms with E-state index in [9.17, 15) is 0 Å². The molecule has 2 nitrogen and oxygen atoms in total. The van der Waals surface area contributed by atoms with Crippen molar-refractivity contribution in [3.05, 3.63) is 29.3 Å². The van der Waals surface area contributed by atoms with E-state index in [2.05, 4.69) is 55.6 Å². The average Bonchev–Trinajstić information content (AvgIpc) is 3.20. The van der Waals surface area contributed by atoms with Gasteiger partial charge in [0.05, 0.1) is 0 Å². The Morgan fingerprint density at radius 2 is 2.16 bits per heavy atom. The summed E-state index contributed by atoms with van der Waals surface area (Å²) in [5.41, 5.74) is 4.16. The number of hydrogen-bond acceptors (Lipinski definition) is 3. The highest BCUT2D eigenvalue weighted by atomic mass is 32.2. The SMILES string of the molecule is CSCC(C)N(C)c1ccc(C)cc1CNC1CC1. The van der Waals surface area contributed by atoms with Crippen LogP contribution in [0, 0.1) is 6.92 Å². The average molecular weight is 278 g/mol. The summed E-state index contributed by atoms with van der Waals surface area (Å²) >= 11 is 1.91. The molecular weight excluding hydrogens is 252 g/mol. The maximum atomic E-state index is 3.63. The second-order valence-electron chi connectivity index (χ2n) is 5.70. The van der Waals surface area contributed by atoms with Gasteiger partial charge in [0.2, 0.25) is 0 Å². The molecule has 0 aromatic heterocycles. The van der Waals surface area contributed by atoms with Crippen molar-refractivity contribution in [2.45, 2.75) is 45.3 Å². The van der Waals surface area contributed by atoms with Crippen LogP contribution in [0.4, 0.5) is 5.69 Å². The van der Waals surface area contributed by atoms with Gasteiger partial charge in [0, 0.05) is 37.1 Å². The van der Waals surface area contributed by atoms with Gasteiger partial charge in [-0.25, -0.2) is 0 Å². The van der Waals surface area contributed by atoms with Gasteiger partial charge < -0.3 is 10.2 Å². The fourth-order valence-electron chi connectivity index (χ4n) is 2.33. The Morgan fingerprint density at radius 1 is 1.42 bits per heavy atom. The predicted molar refractivity (Wildman–Crippen MR) is 87.3 cm³/mol. The molecule has 1 fully saturated rings. The van der Waals surface area contributed by atoms with Crippen molar-refractivity contribution >= 4 is 17.4 Å². The Bertz CT molecular complexity index is 415. The second-order valence-corrected chi connectivity index (χ2v) is 6.61. The van der Waals surface area contributed by atoms with Crippen LogP contribution in [0.25, 0.3) is 0 Å². The number of nitrogens with one attached hydrogen (secondary N) is 1. The zero-order valence-corrected chi connectivity index (χ0v) is 13.4. The molecule has 106 valence electrons. The zero-order valence-electron chi connectivity index (χ0n) is 12.6.